The van der Waals surface area contributed by atoms with Crippen molar-refractivity contribution in [2.45, 2.75) is 58.3 Å². The summed E-state index contributed by atoms with van der Waals surface area (Å²) in [6.45, 7) is 5.13. The van der Waals surface area contributed by atoms with Crippen molar-refractivity contribution in [3.63, 3.8) is 0 Å². The van der Waals surface area contributed by atoms with Crippen LogP contribution < -0.4 is 10.6 Å². The highest BCUT2D eigenvalue weighted by molar-refractivity contribution is 5.85. The topological polar surface area (TPSA) is 41.1 Å². The Balaban J connectivity index is 0.00000147. The summed E-state index contributed by atoms with van der Waals surface area (Å²) in [7, 11) is 0. The summed E-state index contributed by atoms with van der Waals surface area (Å²) in [6, 6.07) is 0. The van der Waals surface area contributed by atoms with E-state index in [1.807, 2.05) is 0 Å². The average molecular weight is 301 g/mol. The number of carbonyl (C=O) groups is 1. The molecule has 1 aliphatic heterocycles. The van der Waals surface area contributed by atoms with Gasteiger partial charge in [0.15, 0.2) is 0 Å². The highest BCUT2D eigenvalue weighted by atomic mass is 35.5. The van der Waals surface area contributed by atoms with E-state index in [1.165, 1.54) is 44.9 Å². The summed E-state index contributed by atoms with van der Waals surface area (Å²) in [5.41, 5.74) is 0.361. The molecule has 3 fully saturated rings. The molecule has 0 aromatic carbocycles. The Bertz CT molecular complexity index is 351. The second-order valence-electron chi connectivity index (χ2n) is 7.12. The number of fused-ring (bicyclic) bond motifs is 1. The highest BCUT2D eigenvalue weighted by Crippen LogP contribution is 2.45. The third-order valence-corrected chi connectivity index (χ3v) is 6.28. The zero-order valence-corrected chi connectivity index (χ0v) is 13.5. The number of rotatable bonds is 4. The smallest absolute Gasteiger partial charge is 0.227 e. The molecule has 0 aromatic heterocycles. The SMILES string of the molecule is CCC1(CNC(=O)[C@@]23CCCC[C@H]2CNC3)CCC1.Cl. The normalized spacial score (nSPS) is 34.5. The van der Waals surface area contributed by atoms with E-state index < -0.39 is 0 Å². The van der Waals surface area contributed by atoms with E-state index in [4.69, 9.17) is 0 Å². The molecular weight excluding hydrogens is 272 g/mol. The van der Waals surface area contributed by atoms with Gasteiger partial charge in [-0.3, -0.25) is 4.79 Å². The van der Waals surface area contributed by atoms with E-state index in [9.17, 15) is 4.79 Å². The second kappa shape index (κ2) is 6.23. The van der Waals surface area contributed by atoms with E-state index in [0.717, 1.165) is 26.1 Å². The Morgan fingerprint density at radius 1 is 1.25 bits per heavy atom. The first-order chi connectivity index (χ1) is 9.21. The number of nitrogens with one attached hydrogen (secondary N) is 2. The molecule has 20 heavy (non-hydrogen) atoms. The summed E-state index contributed by atoms with van der Waals surface area (Å²) in [4.78, 5) is 12.8. The molecule has 2 aliphatic carbocycles. The Morgan fingerprint density at radius 3 is 2.70 bits per heavy atom. The summed E-state index contributed by atoms with van der Waals surface area (Å²) in [5.74, 6) is 0.933. The molecule has 0 bridgehead atoms. The van der Waals surface area contributed by atoms with Crippen molar-refractivity contribution in [3.8, 4) is 0 Å². The van der Waals surface area contributed by atoms with Gasteiger partial charge in [0.05, 0.1) is 5.41 Å². The fraction of sp³-hybridized carbons (Fsp3) is 0.938. The van der Waals surface area contributed by atoms with Crippen molar-refractivity contribution in [2.75, 3.05) is 19.6 Å². The summed E-state index contributed by atoms with van der Waals surface area (Å²) >= 11 is 0. The van der Waals surface area contributed by atoms with Crippen LogP contribution in [0.15, 0.2) is 0 Å². The number of halogens is 1. The van der Waals surface area contributed by atoms with E-state index in [2.05, 4.69) is 17.6 Å². The molecule has 4 heteroatoms. The lowest BCUT2D eigenvalue weighted by molar-refractivity contribution is -0.135. The molecule has 0 radical (unpaired) electrons. The van der Waals surface area contributed by atoms with E-state index in [0.29, 0.717) is 17.2 Å². The first-order valence-corrected chi connectivity index (χ1v) is 8.20. The third-order valence-electron chi connectivity index (χ3n) is 6.28. The number of amides is 1. The van der Waals surface area contributed by atoms with Crippen LogP contribution in [0.2, 0.25) is 0 Å². The lowest BCUT2D eigenvalue weighted by Crippen LogP contribution is -2.51. The monoisotopic (exact) mass is 300 g/mol. The molecule has 3 aliphatic rings. The van der Waals surface area contributed by atoms with Crippen molar-refractivity contribution in [1.29, 1.82) is 0 Å². The molecule has 1 saturated heterocycles. The lowest BCUT2D eigenvalue weighted by atomic mass is 9.65. The van der Waals surface area contributed by atoms with Gasteiger partial charge in [-0.15, -0.1) is 12.4 Å². The highest BCUT2D eigenvalue weighted by Gasteiger charge is 2.50. The quantitative estimate of drug-likeness (QED) is 0.838. The number of hydrogen-bond donors (Lipinski definition) is 2. The van der Waals surface area contributed by atoms with Gasteiger partial charge < -0.3 is 10.6 Å². The van der Waals surface area contributed by atoms with Crippen LogP contribution in [0, 0.1) is 16.7 Å². The Hall–Kier alpha value is -0.280. The van der Waals surface area contributed by atoms with E-state index >= 15 is 0 Å². The van der Waals surface area contributed by atoms with Crippen LogP contribution in [0.25, 0.3) is 0 Å². The van der Waals surface area contributed by atoms with Gasteiger partial charge in [-0.2, -0.15) is 0 Å². The Labute approximate surface area is 129 Å². The molecular formula is C16H29ClN2O. The fourth-order valence-electron chi connectivity index (χ4n) is 4.47. The standard InChI is InChI=1S/C16H28N2O.ClH/c1-2-15(7-5-8-15)11-18-14(19)16-9-4-3-6-13(16)10-17-12-16;/h13,17H,2-12H2,1H3,(H,18,19);1H/t13-,16+;/m0./s1. The van der Waals surface area contributed by atoms with Crippen LogP contribution in [0.4, 0.5) is 0 Å². The van der Waals surface area contributed by atoms with Gasteiger partial charge in [-0.25, -0.2) is 0 Å². The van der Waals surface area contributed by atoms with Gasteiger partial charge in [-0.05, 0) is 50.0 Å². The predicted molar refractivity (Wildman–Crippen MR) is 84.1 cm³/mol. The average Bonchev–Trinajstić information content (AvgIpc) is 2.82. The summed E-state index contributed by atoms with van der Waals surface area (Å²) < 4.78 is 0. The number of carbonyl (C=O) groups excluding carboxylic acids is 1. The van der Waals surface area contributed by atoms with E-state index in [1.54, 1.807) is 0 Å². The predicted octanol–water partition coefficient (Wildman–Crippen LogP) is 2.88. The summed E-state index contributed by atoms with van der Waals surface area (Å²) in [5, 5.41) is 6.79. The van der Waals surface area contributed by atoms with Gasteiger partial charge in [0, 0.05) is 13.1 Å². The van der Waals surface area contributed by atoms with E-state index in [-0.39, 0.29) is 17.8 Å². The first-order valence-electron chi connectivity index (χ1n) is 8.20. The molecule has 2 saturated carbocycles. The van der Waals surface area contributed by atoms with Crippen LogP contribution >= 0.6 is 12.4 Å². The summed E-state index contributed by atoms with van der Waals surface area (Å²) in [6.07, 6.45) is 10.0. The van der Waals surface area contributed by atoms with Crippen molar-refractivity contribution in [2.24, 2.45) is 16.7 Å². The zero-order valence-electron chi connectivity index (χ0n) is 12.7. The van der Waals surface area contributed by atoms with Crippen LogP contribution in [0.5, 0.6) is 0 Å². The van der Waals surface area contributed by atoms with Gasteiger partial charge in [0.25, 0.3) is 0 Å². The second-order valence-corrected chi connectivity index (χ2v) is 7.12. The molecule has 116 valence electrons. The molecule has 0 spiro atoms. The molecule has 1 heterocycles. The van der Waals surface area contributed by atoms with Crippen molar-refractivity contribution < 1.29 is 4.79 Å². The maximum Gasteiger partial charge on any atom is 0.227 e. The molecule has 0 aromatic rings. The number of hydrogen-bond acceptors (Lipinski definition) is 2. The van der Waals surface area contributed by atoms with Crippen molar-refractivity contribution >= 4 is 18.3 Å². The molecule has 2 atom stereocenters. The van der Waals surface area contributed by atoms with Gasteiger partial charge in [-0.1, -0.05) is 26.2 Å². The van der Waals surface area contributed by atoms with Crippen LogP contribution in [0.3, 0.4) is 0 Å². The molecule has 2 N–H and O–H groups in total. The Morgan fingerprint density at radius 2 is 2.05 bits per heavy atom. The third kappa shape index (κ3) is 2.59. The van der Waals surface area contributed by atoms with Gasteiger partial charge >= 0.3 is 0 Å². The molecule has 0 unspecified atom stereocenters. The van der Waals surface area contributed by atoms with Crippen molar-refractivity contribution in [3.05, 3.63) is 0 Å². The first kappa shape index (κ1) is 16.1. The van der Waals surface area contributed by atoms with Crippen molar-refractivity contribution in [1.82, 2.24) is 10.6 Å². The molecule has 3 nitrogen and oxygen atoms in total. The van der Waals surface area contributed by atoms with Crippen LogP contribution in [0.1, 0.15) is 58.3 Å². The minimum atomic E-state index is -0.0725. The van der Waals surface area contributed by atoms with Gasteiger partial charge in [0.1, 0.15) is 0 Å². The fourth-order valence-corrected chi connectivity index (χ4v) is 4.47. The minimum absolute atomic E-state index is 0. The lowest BCUT2D eigenvalue weighted by Gasteiger charge is -2.43. The van der Waals surface area contributed by atoms with Crippen LogP contribution in [-0.2, 0) is 4.79 Å². The maximum absolute atomic E-state index is 12.8. The largest absolute Gasteiger partial charge is 0.355 e. The molecule has 3 rings (SSSR count). The minimum Gasteiger partial charge on any atom is -0.355 e. The van der Waals surface area contributed by atoms with Crippen LogP contribution in [-0.4, -0.2) is 25.5 Å². The van der Waals surface area contributed by atoms with Gasteiger partial charge in [0.2, 0.25) is 5.91 Å². The zero-order chi connectivity index (χ0) is 13.3. The Kier molecular flexibility index (Phi) is 5.01. The molecule has 1 amide bonds. The maximum atomic E-state index is 12.8.